The fourth-order valence-electron chi connectivity index (χ4n) is 3.08. The number of amides is 1. The van der Waals surface area contributed by atoms with Gasteiger partial charge in [-0.2, -0.15) is 5.10 Å². The molecule has 1 amide bonds. The second kappa shape index (κ2) is 7.73. The van der Waals surface area contributed by atoms with Crippen LogP contribution in [0, 0.1) is 20.8 Å². The van der Waals surface area contributed by atoms with Crippen molar-refractivity contribution >= 4 is 21.7 Å². The fourth-order valence-corrected chi connectivity index (χ4v) is 4.43. The number of carbonyl (C=O) groups excluding carboxylic acids is 1. The molecule has 2 aromatic heterocycles. The third-order valence-electron chi connectivity index (χ3n) is 4.03. The molecule has 3 aromatic rings. The molecule has 0 fully saturated rings. The zero-order valence-corrected chi connectivity index (χ0v) is 18.7. The highest BCUT2D eigenvalue weighted by atomic mass is 32.2. The molecule has 30 heavy (non-hydrogen) atoms. The van der Waals surface area contributed by atoms with Crippen LogP contribution in [0.4, 0.5) is 5.82 Å². The number of furan rings is 1. The molecule has 0 spiro atoms. The minimum absolute atomic E-state index is 0.116. The first-order valence-corrected chi connectivity index (χ1v) is 10.9. The summed E-state index contributed by atoms with van der Waals surface area (Å²) in [6.07, 6.45) is 0. The van der Waals surface area contributed by atoms with Gasteiger partial charge in [0.25, 0.3) is 15.9 Å². The summed E-state index contributed by atoms with van der Waals surface area (Å²) in [5, 5.41) is 6.89. The Balaban J connectivity index is 1.87. The van der Waals surface area contributed by atoms with Gasteiger partial charge in [-0.1, -0.05) is 6.07 Å². The Morgan fingerprint density at radius 3 is 2.27 bits per heavy atom. The highest BCUT2D eigenvalue weighted by Crippen LogP contribution is 2.22. The molecule has 0 saturated heterocycles. The van der Waals surface area contributed by atoms with E-state index in [2.05, 4.69) is 21.2 Å². The van der Waals surface area contributed by atoms with E-state index in [1.54, 1.807) is 31.5 Å². The van der Waals surface area contributed by atoms with Crippen molar-refractivity contribution in [1.82, 2.24) is 14.5 Å². The molecule has 0 radical (unpaired) electrons. The number of hydrogen-bond donors (Lipinski definition) is 2. The second-order valence-corrected chi connectivity index (χ2v) is 9.97. The van der Waals surface area contributed by atoms with E-state index in [4.69, 9.17) is 4.42 Å². The second-order valence-electron chi connectivity index (χ2n) is 8.36. The van der Waals surface area contributed by atoms with Gasteiger partial charge in [-0.05, 0) is 76.9 Å². The molecule has 2 N–H and O–H groups in total. The Labute approximate surface area is 176 Å². The Kier molecular flexibility index (Phi) is 5.62. The molecular weight excluding hydrogens is 404 g/mol. The van der Waals surface area contributed by atoms with Crippen molar-refractivity contribution in [2.24, 2.45) is 0 Å². The highest BCUT2D eigenvalue weighted by molar-refractivity contribution is 7.89. The Bertz CT molecular complexity index is 1180. The van der Waals surface area contributed by atoms with E-state index in [0.29, 0.717) is 5.82 Å². The molecule has 0 atom stereocenters. The van der Waals surface area contributed by atoms with E-state index in [0.717, 1.165) is 22.5 Å². The van der Waals surface area contributed by atoms with Crippen LogP contribution < -0.4 is 10.0 Å². The van der Waals surface area contributed by atoms with Crippen LogP contribution in [0.15, 0.2) is 45.9 Å². The molecule has 9 heteroatoms. The maximum atomic E-state index is 12.7. The molecule has 8 nitrogen and oxygen atoms in total. The molecular formula is C21H26N4O4S. The predicted molar refractivity (Wildman–Crippen MR) is 115 cm³/mol. The van der Waals surface area contributed by atoms with E-state index in [1.807, 2.05) is 32.9 Å². The third kappa shape index (κ3) is 4.98. The van der Waals surface area contributed by atoms with E-state index in [9.17, 15) is 13.2 Å². The van der Waals surface area contributed by atoms with Crippen LogP contribution in [0.5, 0.6) is 0 Å². The first-order chi connectivity index (χ1) is 13.8. The lowest BCUT2D eigenvalue weighted by atomic mass is 10.1. The fraction of sp³-hybridized carbons (Fsp3) is 0.333. The van der Waals surface area contributed by atoms with Gasteiger partial charge < -0.3 is 9.73 Å². The summed E-state index contributed by atoms with van der Waals surface area (Å²) in [6, 6.07) is 10.3. The Morgan fingerprint density at radius 1 is 1.03 bits per heavy atom. The molecule has 1 aromatic carbocycles. The smallest absolute Gasteiger partial charge is 0.292 e. The zero-order chi connectivity index (χ0) is 22.3. The maximum absolute atomic E-state index is 12.7. The summed E-state index contributed by atoms with van der Waals surface area (Å²) in [4.78, 5) is 12.7. The van der Waals surface area contributed by atoms with E-state index >= 15 is 0 Å². The number of aromatic nitrogens is 2. The van der Waals surface area contributed by atoms with Crippen molar-refractivity contribution < 1.29 is 17.6 Å². The highest BCUT2D eigenvalue weighted by Gasteiger charge is 2.26. The number of nitrogens with zero attached hydrogens (tertiary/aromatic N) is 2. The number of rotatable bonds is 5. The minimum Gasteiger partial charge on any atom is -0.438 e. The van der Waals surface area contributed by atoms with Crippen LogP contribution in [0.2, 0.25) is 0 Å². The molecule has 0 saturated carbocycles. The number of hydrogen-bond acceptors (Lipinski definition) is 5. The largest absolute Gasteiger partial charge is 0.438 e. The van der Waals surface area contributed by atoms with Crippen LogP contribution >= 0.6 is 0 Å². The number of aryl methyl sites for hydroxylation is 3. The van der Waals surface area contributed by atoms with Gasteiger partial charge in [0.2, 0.25) is 5.09 Å². The number of sulfonamides is 1. The van der Waals surface area contributed by atoms with Gasteiger partial charge in [0.1, 0.15) is 5.82 Å². The van der Waals surface area contributed by atoms with Crippen LogP contribution in [-0.4, -0.2) is 29.6 Å². The minimum atomic E-state index is -3.87. The maximum Gasteiger partial charge on any atom is 0.292 e. The molecule has 0 unspecified atom stereocenters. The van der Waals surface area contributed by atoms with Crippen LogP contribution in [0.1, 0.15) is 48.1 Å². The standard InChI is InChI=1S/C21H26N4O4S/c1-13-9-14(2)11-16(10-13)25-18(12-15(3)23-25)22-20(26)17-7-8-19(29-17)30(27,28)24-21(4,5)6/h7-12,24H,1-6H3,(H,22,26). The van der Waals surface area contributed by atoms with Crippen molar-refractivity contribution in [2.45, 2.75) is 52.2 Å². The first-order valence-electron chi connectivity index (χ1n) is 9.44. The van der Waals surface area contributed by atoms with Crippen LogP contribution in [-0.2, 0) is 10.0 Å². The quantitative estimate of drug-likeness (QED) is 0.642. The molecule has 2 heterocycles. The molecule has 0 bridgehead atoms. The van der Waals surface area contributed by atoms with Crippen molar-refractivity contribution in [3.8, 4) is 5.69 Å². The zero-order valence-electron chi connectivity index (χ0n) is 17.9. The Morgan fingerprint density at radius 2 is 1.67 bits per heavy atom. The molecule has 3 rings (SSSR count). The van der Waals surface area contributed by atoms with E-state index in [-0.39, 0.29) is 10.9 Å². The summed E-state index contributed by atoms with van der Waals surface area (Å²) < 4.78 is 34.2. The Hall–Kier alpha value is -2.91. The van der Waals surface area contributed by atoms with Crippen molar-refractivity contribution in [1.29, 1.82) is 0 Å². The lowest BCUT2D eigenvalue weighted by Crippen LogP contribution is -2.40. The molecule has 0 aliphatic heterocycles. The SMILES string of the molecule is Cc1cc(C)cc(-n2nc(C)cc2NC(=O)c2ccc(S(=O)(=O)NC(C)(C)C)o2)c1. The summed E-state index contributed by atoms with van der Waals surface area (Å²) in [5.74, 6) is -0.232. The normalized spacial score (nSPS) is 12.2. The topological polar surface area (TPSA) is 106 Å². The number of benzene rings is 1. The average Bonchev–Trinajstić information content (AvgIpc) is 3.19. The summed E-state index contributed by atoms with van der Waals surface area (Å²) in [5.41, 5.74) is 3.00. The lowest BCUT2D eigenvalue weighted by Gasteiger charge is -2.18. The van der Waals surface area contributed by atoms with Gasteiger partial charge in [-0.3, -0.25) is 4.79 Å². The number of nitrogens with one attached hydrogen (secondary N) is 2. The van der Waals surface area contributed by atoms with E-state index < -0.39 is 21.5 Å². The molecule has 160 valence electrons. The van der Waals surface area contributed by atoms with Gasteiger partial charge in [0.05, 0.1) is 11.4 Å². The van der Waals surface area contributed by atoms with Gasteiger partial charge in [-0.15, -0.1) is 0 Å². The van der Waals surface area contributed by atoms with Crippen molar-refractivity contribution in [2.75, 3.05) is 5.32 Å². The van der Waals surface area contributed by atoms with Crippen LogP contribution in [0.25, 0.3) is 5.69 Å². The van der Waals surface area contributed by atoms with Gasteiger partial charge >= 0.3 is 0 Å². The van der Waals surface area contributed by atoms with Crippen molar-refractivity contribution in [3.05, 3.63) is 59.0 Å². The molecule has 0 aliphatic carbocycles. The van der Waals surface area contributed by atoms with Gasteiger partial charge in [0.15, 0.2) is 5.76 Å². The number of anilines is 1. The summed E-state index contributed by atoms with van der Waals surface area (Å²) >= 11 is 0. The van der Waals surface area contributed by atoms with Gasteiger partial charge in [0, 0.05) is 11.6 Å². The summed E-state index contributed by atoms with van der Waals surface area (Å²) in [6.45, 7) is 11.0. The lowest BCUT2D eigenvalue weighted by molar-refractivity contribution is 0.0991. The first kappa shape index (κ1) is 21.8. The van der Waals surface area contributed by atoms with Crippen LogP contribution in [0.3, 0.4) is 0 Å². The average molecular weight is 431 g/mol. The molecule has 0 aliphatic rings. The monoisotopic (exact) mass is 430 g/mol. The van der Waals surface area contributed by atoms with Crippen molar-refractivity contribution in [3.63, 3.8) is 0 Å². The van der Waals surface area contributed by atoms with Gasteiger partial charge in [-0.25, -0.2) is 17.8 Å². The number of carbonyl (C=O) groups is 1. The predicted octanol–water partition coefficient (Wildman–Crippen LogP) is 3.72. The third-order valence-corrected chi connectivity index (χ3v) is 5.66. The summed E-state index contributed by atoms with van der Waals surface area (Å²) in [7, 11) is -3.87. The van der Waals surface area contributed by atoms with E-state index in [1.165, 1.54) is 12.1 Å².